The molecule has 0 heterocycles. The van der Waals surface area contributed by atoms with Gasteiger partial charge in [0.05, 0.1) is 0 Å². The molecular weight excluding hydrogens is 220 g/mol. The van der Waals surface area contributed by atoms with Crippen LogP contribution in [0.25, 0.3) is 0 Å². The fraction of sp³-hybridized carbons (Fsp3) is 0.625. The lowest BCUT2D eigenvalue weighted by molar-refractivity contribution is 0.154. The zero-order chi connectivity index (χ0) is 13.0. The molecule has 1 aromatic rings. The number of nitrogens with zero attached hydrogens (tertiary/aromatic N) is 1. The van der Waals surface area contributed by atoms with Gasteiger partial charge in [0.1, 0.15) is 0 Å². The van der Waals surface area contributed by atoms with Crippen molar-refractivity contribution in [1.29, 1.82) is 0 Å². The van der Waals surface area contributed by atoms with Gasteiger partial charge in [-0.1, -0.05) is 31.9 Å². The minimum absolute atomic E-state index is 0.386. The van der Waals surface area contributed by atoms with Gasteiger partial charge in [0, 0.05) is 24.7 Å². The van der Waals surface area contributed by atoms with Gasteiger partial charge in [-0.05, 0) is 43.5 Å². The monoisotopic (exact) mass is 246 g/mol. The maximum Gasteiger partial charge on any atom is 0.0363 e. The average molecular weight is 246 g/mol. The summed E-state index contributed by atoms with van der Waals surface area (Å²) >= 11 is 0. The van der Waals surface area contributed by atoms with Crippen molar-refractivity contribution in [3.05, 3.63) is 29.8 Å². The van der Waals surface area contributed by atoms with Gasteiger partial charge in [-0.15, -0.1) is 0 Å². The summed E-state index contributed by atoms with van der Waals surface area (Å²) < 4.78 is 0. The van der Waals surface area contributed by atoms with Crippen LogP contribution >= 0.6 is 0 Å². The second-order valence-electron chi connectivity index (χ2n) is 5.83. The number of hydrogen-bond donors (Lipinski definition) is 1. The molecule has 1 fully saturated rings. The first-order chi connectivity index (χ1) is 8.69. The normalized spacial score (nSPS) is 17.3. The Kier molecular flexibility index (Phi) is 4.28. The zero-order valence-electron chi connectivity index (χ0n) is 11.8. The van der Waals surface area contributed by atoms with E-state index in [1.54, 1.807) is 0 Å². The molecule has 2 heteroatoms. The first-order valence-electron chi connectivity index (χ1n) is 7.19. The smallest absolute Gasteiger partial charge is 0.0363 e. The van der Waals surface area contributed by atoms with Crippen molar-refractivity contribution in [1.82, 2.24) is 0 Å². The number of benzene rings is 1. The predicted molar refractivity (Wildman–Crippen MR) is 79.0 cm³/mol. The summed E-state index contributed by atoms with van der Waals surface area (Å²) in [6.07, 6.45) is 6.33. The van der Waals surface area contributed by atoms with E-state index in [1.807, 2.05) is 0 Å². The number of nitrogens with two attached hydrogens (primary N) is 1. The molecule has 0 spiro atoms. The first-order valence-corrected chi connectivity index (χ1v) is 7.19. The minimum Gasteiger partial charge on any atom is -0.374 e. The van der Waals surface area contributed by atoms with E-state index in [9.17, 15) is 0 Å². The summed E-state index contributed by atoms with van der Waals surface area (Å²) in [6.45, 7) is 4.14. The molecule has 1 aliphatic rings. The van der Waals surface area contributed by atoms with Crippen LogP contribution in [0.3, 0.4) is 0 Å². The maximum absolute atomic E-state index is 5.93. The first kappa shape index (κ1) is 13.4. The molecule has 0 aliphatic heterocycles. The molecule has 0 bridgehead atoms. The molecule has 0 aromatic heterocycles. The van der Waals surface area contributed by atoms with E-state index in [4.69, 9.17) is 5.73 Å². The van der Waals surface area contributed by atoms with Crippen LogP contribution in [-0.4, -0.2) is 20.1 Å². The fourth-order valence-corrected chi connectivity index (χ4v) is 2.90. The van der Waals surface area contributed by atoms with E-state index in [2.05, 4.69) is 43.1 Å². The SMILES string of the molecule is CCCc1ccc(N(C)CC2(CN)CCC2)cc1. The summed E-state index contributed by atoms with van der Waals surface area (Å²) in [5.41, 5.74) is 9.07. The van der Waals surface area contributed by atoms with E-state index in [0.29, 0.717) is 5.41 Å². The molecular formula is C16H26N2. The molecule has 1 saturated carbocycles. The molecule has 1 aromatic carbocycles. The Hall–Kier alpha value is -1.02. The predicted octanol–water partition coefficient (Wildman–Crippen LogP) is 3.20. The molecule has 0 atom stereocenters. The highest BCUT2D eigenvalue weighted by atomic mass is 15.1. The maximum atomic E-state index is 5.93. The Labute approximate surface area is 111 Å². The van der Waals surface area contributed by atoms with Crippen LogP contribution in [0.4, 0.5) is 5.69 Å². The molecule has 0 saturated heterocycles. The molecule has 1 aliphatic carbocycles. The molecule has 2 N–H and O–H groups in total. The van der Waals surface area contributed by atoms with Gasteiger partial charge in [-0.2, -0.15) is 0 Å². The Morgan fingerprint density at radius 2 is 1.89 bits per heavy atom. The topological polar surface area (TPSA) is 29.3 Å². The van der Waals surface area contributed by atoms with Crippen molar-refractivity contribution in [3.8, 4) is 0 Å². The quantitative estimate of drug-likeness (QED) is 0.835. The number of aryl methyl sites for hydroxylation is 1. The largest absolute Gasteiger partial charge is 0.374 e. The van der Waals surface area contributed by atoms with E-state index in [1.165, 1.54) is 43.4 Å². The number of rotatable bonds is 6. The van der Waals surface area contributed by atoms with Gasteiger partial charge in [-0.25, -0.2) is 0 Å². The standard InChI is InChI=1S/C16H26N2/c1-3-5-14-6-8-15(9-7-14)18(2)13-16(12-17)10-4-11-16/h6-9H,3-5,10-13,17H2,1-2H3. The lowest BCUT2D eigenvalue weighted by atomic mass is 9.68. The van der Waals surface area contributed by atoms with Gasteiger partial charge in [-0.3, -0.25) is 0 Å². The van der Waals surface area contributed by atoms with Crippen LogP contribution < -0.4 is 10.6 Å². The molecule has 2 rings (SSSR count). The Morgan fingerprint density at radius 3 is 2.33 bits per heavy atom. The summed E-state index contributed by atoms with van der Waals surface area (Å²) in [6, 6.07) is 9.00. The molecule has 100 valence electrons. The highest BCUT2D eigenvalue weighted by Crippen LogP contribution is 2.40. The van der Waals surface area contributed by atoms with E-state index in [0.717, 1.165) is 13.1 Å². The van der Waals surface area contributed by atoms with Crippen molar-refractivity contribution in [3.63, 3.8) is 0 Å². The van der Waals surface area contributed by atoms with Gasteiger partial charge in [0.25, 0.3) is 0 Å². The second kappa shape index (κ2) is 5.75. The Morgan fingerprint density at radius 1 is 1.22 bits per heavy atom. The number of hydrogen-bond acceptors (Lipinski definition) is 2. The van der Waals surface area contributed by atoms with E-state index >= 15 is 0 Å². The highest BCUT2D eigenvalue weighted by molar-refractivity contribution is 5.47. The van der Waals surface area contributed by atoms with Crippen LogP contribution in [-0.2, 0) is 6.42 Å². The highest BCUT2D eigenvalue weighted by Gasteiger charge is 2.36. The fourth-order valence-electron chi connectivity index (χ4n) is 2.90. The van der Waals surface area contributed by atoms with Gasteiger partial charge in [0.15, 0.2) is 0 Å². The summed E-state index contributed by atoms with van der Waals surface area (Å²) in [7, 11) is 2.19. The van der Waals surface area contributed by atoms with Crippen LogP contribution in [0.5, 0.6) is 0 Å². The Bertz CT molecular complexity index is 360. The van der Waals surface area contributed by atoms with Crippen LogP contribution in [0.1, 0.15) is 38.2 Å². The summed E-state index contributed by atoms with van der Waals surface area (Å²) in [5.74, 6) is 0. The van der Waals surface area contributed by atoms with Crippen LogP contribution in [0.15, 0.2) is 24.3 Å². The number of anilines is 1. The lowest BCUT2D eigenvalue weighted by Gasteiger charge is -2.44. The van der Waals surface area contributed by atoms with Crippen LogP contribution in [0, 0.1) is 5.41 Å². The average Bonchev–Trinajstić information content (AvgIpc) is 2.35. The molecule has 0 radical (unpaired) electrons. The Balaban J connectivity index is 1.97. The third-order valence-corrected chi connectivity index (χ3v) is 4.34. The third-order valence-electron chi connectivity index (χ3n) is 4.34. The summed E-state index contributed by atoms with van der Waals surface area (Å²) in [4.78, 5) is 2.36. The van der Waals surface area contributed by atoms with Gasteiger partial charge >= 0.3 is 0 Å². The lowest BCUT2D eigenvalue weighted by Crippen LogP contribution is -2.46. The van der Waals surface area contributed by atoms with Crippen molar-refractivity contribution < 1.29 is 0 Å². The minimum atomic E-state index is 0.386. The molecule has 2 nitrogen and oxygen atoms in total. The van der Waals surface area contributed by atoms with Crippen molar-refractivity contribution in [2.45, 2.75) is 39.0 Å². The molecule has 0 amide bonds. The molecule has 0 unspecified atom stereocenters. The van der Waals surface area contributed by atoms with Crippen molar-refractivity contribution in [2.24, 2.45) is 11.1 Å². The third kappa shape index (κ3) is 2.86. The summed E-state index contributed by atoms with van der Waals surface area (Å²) in [5, 5.41) is 0. The van der Waals surface area contributed by atoms with Crippen LogP contribution in [0.2, 0.25) is 0 Å². The molecule has 18 heavy (non-hydrogen) atoms. The van der Waals surface area contributed by atoms with Gasteiger partial charge in [0.2, 0.25) is 0 Å². The van der Waals surface area contributed by atoms with E-state index in [-0.39, 0.29) is 0 Å². The van der Waals surface area contributed by atoms with E-state index < -0.39 is 0 Å². The van der Waals surface area contributed by atoms with Gasteiger partial charge < -0.3 is 10.6 Å². The second-order valence-corrected chi connectivity index (χ2v) is 5.83. The zero-order valence-corrected chi connectivity index (χ0v) is 11.8. The van der Waals surface area contributed by atoms with Crippen molar-refractivity contribution in [2.75, 3.05) is 25.0 Å². The van der Waals surface area contributed by atoms with Crippen molar-refractivity contribution >= 4 is 5.69 Å².